The van der Waals surface area contributed by atoms with Crippen LogP contribution in [0.5, 0.6) is 0 Å². The lowest BCUT2D eigenvalue weighted by molar-refractivity contribution is 0.0531. The van der Waals surface area contributed by atoms with Crippen molar-refractivity contribution < 1.29 is 13.9 Å². The lowest BCUT2D eigenvalue weighted by Crippen LogP contribution is -2.39. The molecule has 1 heterocycles. The zero-order valence-electron chi connectivity index (χ0n) is 18.3. The normalized spacial score (nSPS) is 15.6. The Balaban J connectivity index is 0.00000341. The molecule has 6 nitrogen and oxygen atoms in total. The first-order valence-electron chi connectivity index (χ1n) is 10.3. The number of benzene rings is 1. The number of carbonyl (C=O) groups excluding carboxylic acids is 1. The lowest BCUT2D eigenvalue weighted by Gasteiger charge is -2.18. The number of aliphatic imine (C=N–C) groups is 1. The van der Waals surface area contributed by atoms with Gasteiger partial charge in [0.15, 0.2) is 5.96 Å². The van der Waals surface area contributed by atoms with Crippen molar-refractivity contribution in [3.05, 3.63) is 51.2 Å². The Bertz CT molecular complexity index is 913. The molecular weight excluding hydrogens is 530 g/mol. The number of aromatic nitrogens is 1. The maximum absolute atomic E-state index is 13.3. The Hall–Kier alpha value is -1.75. The van der Waals surface area contributed by atoms with Crippen molar-refractivity contribution in [1.82, 2.24) is 15.6 Å². The van der Waals surface area contributed by atoms with Crippen molar-refractivity contribution in [3.8, 4) is 0 Å². The molecule has 1 atom stereocenters. The van der Waals surface area contributed by atoms with E-state index >= 15 is 0 Å². The lowest BCUT2D eigenvalue weighted by atomic mass is 9.96. The number of aryl methyl sites for hydroxylation is 1. The third kappa shape index (κ3) is 6.38. The number of hydrogen-bond donors (Lipinski definition) is 2. The number of nitrogens with one attached hydrogen (secondary N) is 2. The van der Waals surface area contributed by atoms with Crippen LogP contribution >= 0.6 is 35.3 Å². The van der Waals surface area contributed by atoms with Crippen molar-refractivity contribution in [2.45, 2.75) is 52.0 Å². The van der Waals surface area contributed by atoms with E-state index in [0.29, 0.717) is 29.7 Å². The summed E-state index contributed by atoms with van der Waals surface area (Å²) < 4.78 is 18.4. The minimum absolute atomic E-state index is 0. The number of halogens is 2. The SMILES string of the molecule is CCNC(=NCC1(c2ccc(F)cc2)CC1)NC(C)c1nc(C)c(C(=O)OCC)s1.I. The van der Waals surface area contributed by atoms with E-state index in [2.05, 4.69) is 15.6 Å². The summed E-state index contributed by atoms with van der Waals surface area (Å²) in [5.74, 6) is 0.147. The van der Waals surface area contributed by atoms with Gasteiger partial charge in [-0.3, -0.25) is 4.99 Å². The first-order valence-corrected chi connectivity index (χ1v) is 11.2. The molecule has 0 radical (unpaired) electrons. The maximum atomic E-state index is 13.3. The number of hydrogen-bond acceptors (Lipinski definition) is 5. The summed E-state index contributed by atoms with van der Waals surface area (Å²) >= 11 is 1.34. The standard InChI is InChI=1S/C22H29FN4O2S.HI/c1-5-24-21(25-13-22(11-12-22)16-7-9-17(23)10-8-16)27-15(4)19-26-14(3)18(30-19)20(28)29-6-2;/h7-10,15H,5-6,11-13H2,1-4H3,(H2,24,25,27);1H. The van der Waals surface area contributed by atoms with Crippen LogP contribution in [-0.4, -0.2) is 36.6 Å². The fourth-order valence-corrected chi connectivity index (χ4v) is 4.26. The summed E-state index contributed by atoms with van der Waals surface area (Å²) in [5, 5.41) is 7.46. The molecule has 0 spiro atoms. The van der Waals surface area contributed by atoms with Crippen LogP contribution < -0.4 is 10.6 Å². The molecule has 0 bridgehead atoms. The first kappa shape index (κ1) is 25.5. The molecule has 0 saturated heterocycles. The molecule has 3 rings (SSSR count). The average molecular weight is 560 g/mol. The van der Waals surface area contributed by atoms with Gasteiger partial charge in [0.05, 0.1) is 24.9 Å². The van der Waals surface area contributed by atoms with Crippen molar-refractivity contribution >= 4 is 47.2 Å². The monoisotopic (exact) mass is 560 g/mol. The molecule has 2 aromatic rings. The molecule has 31 heavy (non-hydrogen) atoms. The molecule has 1 fully saturated rings. The van der Waals surface area contributed by atoms with Crippen LogP contribution in [0, 0.1) is 12.7 Å². The molecule has 2 N–H and O–H groups in total. The Kier molecular flexibility index (Phi) is 9.23. The second-order valence-corrected chi connectivity index (χ2v) is 8.57. The topological polar surface area (TPSA) is 75.6 Å². The average Bonchev–Trinajstić information content (AvgIpc) is 3.41. The van der Waals surface area contributed by atoms with E-state index in [4.69, 9.17) is 9.73 Å². The number of nitrogens with zero attached hydrogens (tertiary/aromatic N) is 2. The van der Waals surface area contributed by atoms with Crippen molar-refractivity contribution in [1.29, 1.82) is 0 Å². The molecule has 1 unspecified atom stereocenters. The van der Waals surface area contributed by atoms with Crippen LogP contribution in [0.3, 0.4) is 0 Å². The Morgan fingerprint density at radius 1 is 1.32 bits per heavy atom. The largest absolute Gasteiger partial charge is 0.462 e. The summed E-state index contributed by atoms with van der Waals surface area (Å²) in [7, 11) is 0. The van der Waals surface area contributed by atoms with Gasteiger partial charge in [-0.2, -0.15) is 0 Å². The van der Waals surface area contributed by atoms with E-state index in [9.17, 15) is 9.18 Å². The van der Waals surface area contributed by atoms with E-state index in [0.717, 1.165) is 30.0 Å². The predicted octanol–water partition coefficient (Wildman–Crippen LogP) is 4.73. The third-order valence-electron chi connectivity index (χ3n) is 5.19. The molecule has 1 aromatic carbocycles. The number of esters is 1. The van der Waals surface area contributed by atoms with E-state index < -0.39 is 0 Å². The number of carbonyl (C=O) groups is 1. The Morgan fingerprint density at radius 2 is 2.00 bits per heavy atom. The summed E-state index contributed by atoms with van der Waals surface area (Å²) in [5.41, 5.74) is 1.80. The summed E-state index contributed by atoms with van der Waals surface area (Å²) in [6.45, 7) is 9.31. The molecule has 0 aliphatic heterocycles. The number of guanidine groups is 1. The van der Waals surface area contributed by atoms with Crippen molar-refractivity contribution in [2.75, 3.05) is 19.7 Å². The highest BCUT2D eigenvalue weighted by atomic mass is 127. The van der Waals surface area contributed by atoms with E-state index in [1.807, 2.05) is 32.9 Å². The van der Waals surface area contributed by atoms with Gasteiger partial charge in [0, 0.05) is 12.0 Å². The summed E-state index contributed by atoms with van der Waals surface area (Å²) in [6.07, 6.45) is 2.09. The molecule has 1 aliphatic carbocycles. The van der Waals surface area contributed by atoms with Gasteiger partial charge in [0.1, 0.15) is 15.7 Å². The van der Waals surface area contributed by atoms with Crippen molar-refractivity contribution in [2.24, 2.45) is 4.99 Å². The zero-order chi connectivity index (χ0) is 21.7. The molecule has 1 aromatic heterocycles. The van der Waals surface area contributed by atoms with Gasteiger partial charge in [-0.15, -0.1) is 35.3 Å². The smallest absolute Gasteiger partial charge is 0.350 e. The molecular formula is C22H30FIN4O2S. The minimum Gasteiger partial charge on any atom is -0.462 e. The van der Waals surface area contributed by atoms with Crippen LogP contribution in [0.15, 0.2) is 29.3 Å². The van der Waals surface area contributed by atoms with Gasteiger partial charge < -0.3 is 15.4 Å². The second-order valence-electron chi connectivity index (χ2n) is 7.54. The highest BCUT2D eigenvalue weighted by Gasteiger charge is 2.44. The maximum Gasteiger partial charge on any atom is 0.350 e. The highest BCUT2D eigenvalue weighted by molar-refractivity contribution is 14.0. The summed E-state index contributed by atoms with van der Waals surface area (Å²) in [6, 6.07) is 6.62. The van der Waals surface area contributed by atoms with Gasteiger partial charge >= 0.3 is 5.97 Å². The zero-order valence-corrected chi connectivity index (χ0v) is 21.5. The number of ether oxygens (including phenoxy) is 1. The molecule has 170 valence electrons. The van der Waals surface area contributed by atoms with Gasteiger partial charge in [-0.05, 0) is 58.2 Å². The Labute approximate surface area is 204 Å². The third-order valence-corrected chi connectivity index (χ3v) is 6.51. The van der Waals surface area contributed by atoms with E-state index in [1.165, 1.54) is 23.5 Å². The van der Waals surface area contributed by atoms with Crippen LogP contribution in [0.1, 0.15) is 65.6 Å². The molecule has 9 heteroatoms. The van der Waals surface area contributed by atoms with Gasteiger partial charge in [-0.1, -0.05) is 12.1 Å². The van der Waals surface area contributed by atoms with Gasteiger partial charge in [-0.25, -0.2) is 14.2 Å². The van der Waals surface area contributed by atoms with E-state index in [1.54, 1.807) is 6.92 Å². The summed E-state index contributed by atoms with van der Waals surface area (Å²) in [4.78, 5) is 21.9. The fourth-order valence-electron chi connectivity index (χ4n) is 3.30. The minimum atomic E-state index is -0.332. The quantitative estimate of drug-likeness (QED) is 0.211. The van der Waals surface area contributed by atoms with Crippen LogP contribution in [-0.2, 0) is 10.2 Å². The molecule has 1 saturated carbocycles. The van der Waals surface area contributed by atoms with Gasteiger partial charge in [0.2, 0.25) is 0 Å². The van der Waals surface area contributed by atoms with Crippen LogP contribution in [0.25, 0.3) is 0 Å². The highest BCUT2D eigenvalue weighted by Crippen LogP contribution is 2.48. The van der Waals surface area contributed by atoms with Crippen LogP contribution in [0.4, 0.5) is 4.39 Å². The van der Waals surface area contributed by atoms with Crippen molar-refractivity contribution in [3.63, 3.8) is 0 Å². The Morgan fingerprint density at radius 3 is 2.58 bits per heavy atom. The molecule has 0 amide bonds. The molecule has 1 aliphatic rings. The van der Waals surface area contributed by atoms with Gasteiger partial charge in [0.25, 0.3) is 0 Å². The fraction of sp³-hybridized carbons (Fsp3) is 0.500. The van der Waals surface area contributed by atoms with Crippen LogP contribution in [0.2, 0.25) is 0 Å². The number of thiazole rings is 1. The second kappa shape index (κ2) is 11.2. The number of rotatable bonds is 8. The predicted molar refractivity (Wildman–Crippen MR) is 133 cm³/mol. The van der Waals surface area contributed by atoms with E-state index in [-0.39, 0.29) is 47.2 Å². The first-order chi connectivity index (χ1) is 14.4.